The molecular weight excluding hydrogens is 280 g/mol. The third-order valence-electron chi connectivity index (χ3n) is 8.30. The van der Waals surface area contributed by atoms with Crippen LogP contribution in [0.3, 0.4) is 0 Å². The maximum Gasteiger partial charge on any atom is 0.305 e. The summed E-state index contributed by atoms with van der Waals surface area (Å²) in [6.45, 7) is 0. The molecule has 120 valence electrons. The van der Waals surface area contributed by atoms with Gasteiger partial charge in [-0.2, -0.15) is 0 Å². The largest absolute Gasteiger partial charge is 0.469 e. The van der Waals surface area contributed by atoms with E-state index in [9.17, 15) is 9.59 Å². The van der Waals surface area contributed by atoms with Crippen LogP contribution in [-0.4, -0.2) is 26.2 Å². The molecule has 0 spiro atoms. The van der Waals surface area contributed by atoms with Crippen molar-refractivity contribution in [3.63, 3.8) is 0 Å². The molecule has 0 aromatic carbocycles. The summed E-state index contributed by atoms with van der Waals surface area (Å²) >= 11 is 0. The molecule has 0 aromatic heterocycles. The average Bonchev–Trinajstić information content (AvgIpc) is 3.11. The first-order chi connectivity index (χ1) is 10.7. The van der Waals surface area contributed by atoms with Crippen molar-refractivity contribution < 1.29 is 19.1 Å². The number of carbonyl (C=O) groups excluding carboxylic acids is 2. The van der Waals surface area contributed by atoms with Gasteiger partial charge in [-0.15, -0.1) is 0 Å². The molecule has 4 heteroatoms. The minimum absolute atomic E-state index is 0.0296. The van der Waals surface area contributed by atoms with E-state index in [0.717, 1.165) is 47.3 Å². The number of ether oxygens (including phenoxy) is 2. The van der Waals surface area contributed by atoms with Crippen LogP contribution < -0.4 is 0 Å². The Morgan fingerprint density at radius 1 is 0.727 bits per heavy atom. The molecule has 5 fully saturated rings. The lowest BCUT2D eigenvalue weighted by atomic mass is 9.60. The molecule has 0 radical (unpaired) electrons. The first kappa shape index (κ1) is 13.4. The fraction of sp³-hybridized carbons (Fsp3) is 0.889. The quantitative estimate of drug-likeness (QED) is 0.747. The van der Waals surface area contributed by atoms with Crippen LogP contribution >= 0.6 is 0 Å². The highest BCUT2D eigenvalue weighted by Gasteiger charge is 2.78. The van der Waals surface area contributed by atoms with Crippen LogP contribution in [0, 0.1) is 59.2 Å². The highest BCUT2D eigenvalue weighted by atomic mass is 16.5. The summed E-state index contributed by atoms with van der Waals surface area (Å²) in [5.41, 5.74) is 0. The molecule has 5 rings (SSSR count). The second-order valence-electron chi connectivity index (χ2n) is 8.32. The molecule has 22 heavy (non-hydrogen) atoms. The second-order valence-corrected chi connectivity index (χ2v) is 8.32. The number of methoxy groups -OCH3 is 2. The van der Waals surface area contributed by atoms with E-state index in [1.54, 1.807) is 0 Å². The summed E-state index contributed by atoms with van der Waals surface area (Å²) in [4.78, 5) is 23.6. The zero-order valence-corrected chi connectivity index (χ0v) is 13.2. The number of esters is 2. The highest BCUT2D eigenvalue weighted by Crippen LogP contribution is 2.83. The Labute approximate surface area is 130 Å². The molecule has 0 aliphatic heterocycles. The van der Waals surface area contributed by atoms with Crippen molar-refractivity contribution in [2.75, 3.05) is 14.2 Å². The van der Waals surface area contributed by atoms with E-state index in [1.807, 2.05) is 0 Å². The molecule has 10 atom stereocenters. The minimum Gasteiger partial charge on any atom is -0.469 e. The molecular formula is C18H24O4. The monoisotopic (exact) mass is 304 g/mol. The van der Waals surface area contributed by atoms with Crippen LogP contribution in [0.25, 0.3) is 0 Å². The zero-order chi connectivity index (χ0) is 15.2. The van der Waals surface area contributed by atoms with Gasteiger partial charge in [-0.05, 0) is 72.0 Å². The maximum atomic E-state index is 11.8. The molecule has 0 heterocycles. The Morgan fingerprint density at radius 2 is 1.05 bits per heavy atom. The minimum atomic E-state index is -0.0296. The normalized spacial score (nSPS) is 55.2. The van der Waals surface area contributed by atoms with Crippen LogP contribution in [0.15, 0.2) is 0 Å². The van der Waals surface area contributed by atoms with Gasteiger partial charge in [0.2, 0.25) is 0 Å². The van der Waals surface area contributed by atoms with Gasteiger partial charge in [0.05, 0.1) is 14.2 Å². The third-order valence-corrected chi connectivity index (χ3v) is 8.30. The summed E-state index contributed by atoms with van der Waals surface area (Å²) < 4.78 is 9.88. The maximum absolute atomic E-state index is 11.8. The van der Waals surface area contributed by atoms with Crippen molar-refractivity contribution in [2.45, 2.75) is 25.7 Å². The fourth-order valence-corrected chi connectivity index (χ4v) is 8.05. The number of carbonyl (C=O) groups is 2. The van der Waals surface area contributed by atoms with Gasteiger partial charge in [0.15, 0.2) is 0 Å². The Kier molecular flexibility index (Phi) is 2.60. The lowest BCUT2D eigenvalue weighted by Gasteiger charge is -2.44. The van der Waals surface area contributed by atoms with E-state index < -0.39 is 0 Å². The van der Waals surface area contributed by atoms with Gasteiger partial charge in [0.1, 0.15) is 0 Å². The molecule has 0 amide bonds. The van der Waals surface area contributed by atoms with E-state index in [1.165, 1.54) is 27.1 Å². The summed E-state index contributed by atoms with van der Waals surface area (Å²) in [6.07, 6.45) is 3.75. The topological polar surface area (TPSA) is 52.6 Å². The summed E-state index contributed by atoms with van der Waals surface area (Å²) in [6, 6.07) is 0. The average molecular weight is 304 g/mol. The van der Waals surface area contributed by atoms with Crippen molar-refractivity contribution in [3.8, 4) is 0 Å². The smallest absolute Gasteiger partial charge is 0.305 e. The lowest BCUT2D eigenvalue weighted by molar-refractivity contribution is -0.142. The zero-order valence-electron chi connectivity index (χ0n) is 13.2. The SMILES string of the molecule is COC(=O)CC1[C@@H]2C[C@@H]3C4C2C2C4[C@H](C[C@H]21)C3CC(=O)OC. The predicted octanol–water partition coefficient (Wildman–Crippen LogP) is 2.12. The molecule has 6 unspecified atom stereocenters. The van der Waals surface area contributed by atoms with Crippen LogP contribution in [0.2, 0.25) is 0 Å². The molecule has 5 saturated carbocycles. The van der Waals surface area contributed by atoms with Crippen LogP contribution in [0.1, 0.15) is 25.7 Å². The summed E-state index contributed by atoms with van der Waals surface area (Å²) in [7, 11) is 3.01. The van der Waals surface area contributed by atoms with Gasteiger partial charge in [0, 0.05) is 12.8 Å². The highest BCUT2D eigenvalue weighted by molar-refractivity contribution is 5.70. The van der Waals surface area contributed by atoms with Gasteiger partial charge in [0.25, 0.3) is 0 Å². The van der Waals surface area contributed by atoms with E-state index in [4.69, 9.17) is 9.47 Å². The van der Waals surface area contributed by atoms with E-state index in [0.29, 0.717) is 24.7 Å². The first-order valence-corrected chi connectivity index (χ1v) is 8.79. The Hall–Kier alpha value is -1.06. The van der Waals surface area contributed by atoms with Gasteiger partial charge < -0.3 is 9.47 Å². The fourth-order valence-electron chi connectivity index (χ4n) is 8.05. The Morgan fingerprint density at radius 3 is 1.32 bits per heavy atom. The Balaban J connectivity index is 1.43. The van der Waals surface area contributed by atoms with Gasteiger partial charge in [-0.25, -0.2) is 0 Å². The number of rotatable bonds is 4. The first-order valence-electron chi connectivity index (χ1n) is 8.79. The number of hydrogen-bond donors (Lipinski definition) is 0. The molecule has 0 N–H and O–H groups in total. The molecule has 0 bridgehead atoms. The van der Waals surface area contributed by atoms with Crippen LogP contribution in [-0.2, 0) is 19.1 Å². The lowest BCUT2D eigenvalue weighted by Crippen LogP contribution is -2.41. The number of hydrogen-bond acceptors (Lipinski definition) is 4. The van der Waals surface area contributed by atoms with E-state index in [-0.39, 0.29) is 11.9 Å². The van der Waals surface area contributed by atoms with Gasteiger partial charge >= 0.3 is 11.9 Å². The molecule has 4 nitrogen and oxygen atoms in total. The summed E-state index contributed by atoms with van der Waals surface area (Å²) in [5, 5.41) is 0. The molecule has 0 saturated heterocycles. The van der Waals surface area contributed by atoms with Crippen molar-refractivity contribution in [2.24, 2.45) is 59.2 Å². The van der Waals surface area contributed by atoms with E-state index in [2.05, 4.69) is 0 Å². The standard InChI is InChI=1S/C18H24O4/c1-21-13(19)5-7-9-3-11-8(6-14(20)22-2)12-4-10(7)16-15(9)17(11)18(12)16/h7-12,15-18H,3-6H2,1-2H3/t7?,8?,9-,10-,11-,12+,15?,16?,17?,18?/m0/s1. The molecule has 0 aromatic rings. The summed E-state index contributed by atoms with van der Waals surface area (Å²) in [5.74, 6) is 7.41. The van der Waals surface area contributed by atoms with E-state index >= 15 is 0 Å². The Bertz CT molecular complexity index is 459. The van der Waals surface area contributed by atoms with Crippen molar-refractivity contribution in [3.05, 3.63) is 0 Å². The van der Waals surface area contributed by atoms with Crippen LogP contribution in [0.5, 0.6) is 0 Å². The van der Waals surface area contributed by atoms with Crippen molar-refractivity contribution >= 4 is 11.9 Å². The third kappa shape index (κ3) is 1.36. The predicted molar refractivity (Wildman–Crippen MR) is 77.4 cm³/mol. The van der Waals surface area contributed by atoms with Crippen LogP contribution in [0.4, 0.5) is 0 Å². The van der Waals surface area contributed by atoms with Crippen molar-refractivity contribution in [1.29, 1.82) is 0 Å². The molecule has 5 aliphatic rings. The second kappa shape index (κ2) is 4.27. The van der Waals surface area contributed by atoms with Gasteiger partial charge in [-0.1, -0.05) is 0 Å². The van der Waals surface area contributed by atoms with Gasteiger partial charge in [-0.3, -0.25) is 9.59 Å². The van der Waals surface area contributed by atoms with Crippen molar-refractivity contribution in [1.82, 2.24) is 0 Å². The molecule has 5 aliphatic carbocycles.